The third kappa shape index (κ3) is 2.25. The van der Waals surface area contributed by atoms with Crippen LogP contribution in [-0.4, -0.2) is 17.9 Å². The Bertz CT molecular complexity index is 643. The van der Waals surface area contributed by atoms with Crippen LogP contribution >= 0.6 is 0 Å². The molecule has 5 nitrogen and oxygen atoms in total. The average Bonchev–Trinajstić information content (AvgIpc) is 3.11. The van der Waals surface area contributed by atoms with Gasteiger partial charge in [-0.15, -0.1) is 0 Å². The highest BCUT2D eigenvalue weighted by Crippen LogP contribution is 2.48. The highest BCUT2D eigenvalue weighted by molar-refractivity contribution is 5.99. The Morgan fingerprint density at radius 1 is 1.32 bits per heavy atom. The SMILES string of the molecule is C[C@H]1Oc2ccc(NC(=O)[C@H]3C[C@H]4CC[C@H]3C4)cc2NC1=O. The quantitative estimate of drug-likeness (QED) is 0.882. The molecular weight excluding hydrogens is 280 g/mol. The number of anilines is 2. The fraction of sp³-hybridized carbons (Fsp3) is 0.529. The third-order valence-electron chi connectivity index (χ3n) is 5.25. The summed E-state index contributed by atoms with van der Waals surface area (Å²) in [6.07, 6.45) is 4.23. The van der Waals surface area contributed by atoms with E-state index in [2.05, 4.69) is 10.6 Å². The molecule has 2 aliphatic carbocycles. The highest BCUT2D eigenvalue weighted by Gasteiger charge is 2.43. The molecule has 1 heterocycles. The molecule has 0 spiro atoms. The first-order valence-corrected chi connectivity index (χ1v) is 8.02. The first-order chi connectivity index (χ1) is 10.6. The van der Waals surface area contributed by atoms with Crippen LogP contribution in [0.15, 0.2) is 18.2 Å². The number of fused-ring (bicyclic) bond motifs is 3. The summed E-state index contributed by atoms with van der Waals surface area (Å²) in [5.74, 6) is 2.06. The normalized spacial score (nSPS) is 32.1. The number of benzene rings is 1. The minimum absolute atomic E-state index is 0.114. The van der Waals surface area contributed by atoms with E-state index in [0.717, 1.165) is 12.3 Å². The van der Waals surface area contributed by atoms with Crippen LogP contribution in [0.4, 0.5) is 11.4 Å². The van der Waals surface area contributed by atoms with Gasteiger partial charge in [0.05, 0.1) is 5.69 Å². The fourth-order valence-corrected chi connectivity index (χ4v) is 4.09. The first-order valence-electron chi connectivity index (χ1n) is 8.02. The van der Waals surface area contributed by atoms with Crippen molar-refractivity contribution in [2.45, 2.75) is 38.7 Å². The van der Waals surface area contributed by atoms with Gasteiger partial charge in [0, 0.05) is 11.6 Å². The van der Waals surface area contributed by atoms with E-state index in [1.54, 1.807) is 19.1 Å². The Kier molecular flexibility index (Phi) is 3.10. The van der Waals surface area contributed by atoms with E-state index in [0.29, 0.717) is 23.0 Å². The summed E-state index contributed by atoms with van der Waals surface area (Å²) in [7, 11) is 0. The predicted octanol–water partition coefficient (Wildman–Crippen LogP) is 2.78. The molecule has 2 N–H and O–H groups in total. The second kappa shape index (κ2) is 5.00. The molecule has 4 atom stereocenters. The van der Waals surface area contributed by atoms with Crippen LogP contribution in [0.1, 0.15) is 32.6 Å². The van der Waals surface area contributed by atoms with Crippen LogP contribution < -0.4 is 15.4 Å². The molecule has 2 fully saturated rings. The smallest absolute Gasteiger partial charge is 0.265 e. The number of hydrogen-bond acceptors (Lipinski definition) is 3. The molecule has 0 aromatic heterocycles. The second-order valence-electron chi connectivity index (χ2n) is 6.73. The van der Waals surface area contributed by atoms with E-state index in [1.807, 2.05) is 6.07 Å². The molecule has 0 unspecified atom stereocenters. The molecule has 5 heteroatoms. The summed E-state index contributed by atoms with van der Waals surface area (Å²) >= 11 is 0. The maximum atomic E-state index is 12.5. The van der Waals surface area contributed by atoms with E-state index < -0.39 is 6.10 Å². The van der Waals surface area contributed by atoms with Gasteiger partial charge in [-0.2, -0.15) is 0 Å². The Morgan fingerprint density at radius 3 is 2.91 bits per heavy atom. The maximum Gasteiger partial charge on any atom is 0.265 e. The lowest BCUT2D eigenvalue weighted by Gasteiger charge is -2.24. The Balaban J connectivity index is 1.48. The second-order valence-corrected chi connectivity index (χ2v) is 6.73. The number of amides is 2. The predicted molar refractivity (Wildman–Crippen MR) is 82.7 cm³/mol. The standard InChI is InChI=1S/C17H20N2O3/c1-9-16(20)19-14-8-12(4-5-15(14)22-9)18-17(21)13-7-10-2-3-11(13)6-10/h4-5,8-11,13H,2-3,6-7H2,1H3,(H,18,21)(H,19,20)/t9-,10+,11+,13+/m1/s1. The zero-order valence-corrected chi connectivity index (χ0v) is 12.6. The largest absolute Gasteiger partial charge is 0.479 e. The molecule has 2 saturated carbocycles. The van der Waals surface area contributed by atoms with Crippen LogP contribution in [0.2, 0.25) is 0 Å². The van der Waals surface area contributed by atoms with E-state index >= 15 is 0 Å². The van der Waals surface area contributed by atoms with Crippen LogP contribution in [0.3, 0.4) is 0 Å². The van der Waals surface area contributed by atoms with Gasteiger partial charge in [-0.3, -0.25) is 9.59 Å². The summed E-state index contributed by atoms with van der Waals surface area (Å²) in [5, 5.41) is 5.80. The molecule has 1 aliphatic heterocycles. The Labute approximate surface area is 129 Å². The minimum Gasteiger partial charge on any atom is -0.479 e. The molecular formula is C17H20N2O3. The zero-order valence-electron chi connectivity index (χ0n) is 12.6. The Morgan fingerprint density at radius 2 is 2.18 bits per heavy atom. The molecule has 1 aromatic carbocycles. The van der Waals surface area contributed by atoms with Crippen molar-refractivity contribution in [3.8, 4) is 5.75 Å². The van der Waals surface area contributed by atoms with Crippen LogP contribution in [0.5, 0.6) is 5.75 Å². The van der Waals surface area contributed by atoms with Gasteiger partial charge in [0.1, 0.15) is 5.75 Å². The van der Waals surface area contributed by atoms with E-state index in [9.17, 15) is 9.59 Å². The Hall–Kier alpha value is -2.04. The van der Waals surface area contributed by atoms with Gasteiger partial charge >= 0.3 is 0 Å². The molecule has 22 heavy (non-hydrogen) atoms. The van der Waals surface area contributed by atoms with Crippen molar-refractivity contribution in [3.63, 3.8) is 0 Å². The van der Waals surface area contributed by atoms with Crippen molar-refractivity contribution in [3.05, 3.63) is 18.2 Å². The number of hydrogen-bond donors (Lipinski definition) is 2. The van der Waals surface area contributed by atoms with E-state index in [-0.39, 0.29) is 17.7 Å². The fourth-order valence-electron chi connectivity index (χ4n) is 4.09. The molecule has 0 saturated heterocycles. The van der Waals surface area contributed by atoms with Crippen LogP contribution in [0.25, 0.3) is 0 Å². The number of carbonyl (C=O) groups is 2. The molecule has 116 valence electrons. The molecule has 1 aromatic rings. The lowest BCUT2D eigenvalue weighted by Crippen LogP contribution is -2.34. The van der Waals surface area contributed by atoms with Gasteiger partial charge in [0.25, 0.3) is 5.91 Å². The molecule has 2 amide bonds. The first kappa shape index (κ1) is 13.6. The minimum atomic E-state index is -0.484. The number of rotatable bonds is 2. The van der Waals surface area contributed by atoms with Crippen molar-refractivity contribution < 1.29 is 14.3 Å². The van der Waals surface area contributed by atoms with Gasteiger partial charge in [0.2, 0.25) is 5.91 Å². The number of carbonyl (C=O) groups excluding carboxylic acids is 2. The summed E-state index contributed by atoms with van der Waals surface area (Å²) in [5.41, 5.74) is 1.33. The lowest BCUT2D eigenvalue weighted by atomic mass is 9.88. The average molecular weight is 300 g/mol. The van der Waals surface area contributed by atoms with Crippen molar-refractivity contribution in [2.75, 3.05) is 10.6 Å². The highest BCUT2D eigenvalue weighted by atomic mass is 16.5. The topological polar surface area (TPSA) is 67.4 Å². The maximum absolute atomic E-state index is 12.5. The van der Waals surface area contributed by atoms with Crippen molar-refractivity contribution >= 4 is 23.2 Å². The summed E-state index contributed by atoms with van der Waals surface area (Å²) in [6, 6.07) is 5.39. The van der Waals surface area contributed by atoms with Gasteiger partial charge < -0.3 is 15.4 Å². The molecule has 0 radical (unpaired) electrons. The van der Waals surface area contributed by atoms with Crippen LogP contribution in [-0.2, 0) is 9.59 Å². The number of nitrogens with one attached hydrogen (secondary N) is 2. The monoisotopic (exact) mass is 300 g/mol. The van der Waals surface area contributed by atoms with Gasteiger partial charge in [-0.1, -0.05) is 6.42 Å². The summed E-state index contributed by atoms with van der Waals surface area (Å²) in [4.78, 5) is 24.1. The molecule has 2 bridgehead atoms. The van der Waals surface area contributed by atoms with Gasteiger partial charge in [-0.25, -0.2) is 0 Å². The van der Waals surface area contributed by atoms with Crippen molar-refractivity contribution in [1.82, 2.24) is 0 Å². The zero-order chi connectivity index (χ0) is 15.3. The van der Waals surface area contributed by atoms with Crippen LogP contribution in [0, 0.1) is 17.8 Å². The van der Waals surface area contributed by atoms with Gasteiger partial charge in [-0.05, 0) is 56.2 Å². The van der Waals surface area contributed by atoms with Gasteiger partial charge in [0.15, 0.2) is 6.10 Å². The van der Waals surface area contributed by atoms with Crippen molar-refractivity contribution in [2.24, 2.45) is 17.8 Å². The van der Waals surface area contributed by atoms with Crippen molar-refractivity contribution in [1.29, 1.82) is 0 Å². The molecule has 3 aliphatic rings. The van der Waals surface area contributed by atoms with E-state index in [1.165, 1.54) is 19.3 Å². The number of ether oxygens (including phenoxy) is 1. The summed E-state index contributed by atoms with van der Waals surface area (Å²) < 4.78 is 5.52. The lowest BCUT2D eigenvalue weighted by molar-refractivity contribution is -0.123. The van der Waals surface area contributed by atoms with E-state index in [4.69, 9.17) is 4.74 Å². The summed E-state index contributed by atoms with van der Waals surface area (Å²) in [6.45, 7) is 1.71. The molecule has 4 rings (SSSR count). The third-order valence-corrected chi connectivity index (χ3v) is 5.25.